The van der Waals surface area contributed by atoms with E-state index in [2.05, 4.69) is 11.8 Å². The monoisotopic (exact) mass is 346 g/mol. The molecule has 0 aliphatic carbocycles. The van der Waals surface area contributed by atoms with Crippen LogP contribution < -0.4 is 0 Å². The summed E-state index contributed by atoms with van der Waals surface area (Å²) in [6.45, 7) is 6.91. The van der Waals surface area contributed by atoms with Gasteiger partial charge in [-0.2, -0.15) is 0 Å². The van der Waals surface area contributed by atoms with Crippen LogP contribution in [0.1, 0.15) is 39.5 Å². The van der Waals surface area contributed by atoms with Gasteiger partial charge in [-0.05, 0) is 25.7 Å². The number of likely N-dealkylation sites (tertiary alicyclic amines) is 2. The second kappa shape index (κ2) is 5.89. The summed E-state index contributed by atoms with van der Waals surface area (Å²) in [4.78, 5) is 26.9. The van der Waals surface area contributed by atoms with E-state index in [4.69, 9.17) is 0 Å². The molecule has 118 valence electrons. The summed E-state index contributed by atoms with van der Waals surface area (Å²) in [6, 6.07) is 0. The fraction of sp³-hybridized carbons (Fsp3) is 0.857. The van der Waals surface area contributed by atoms with Gasteiger partial charge in [-0.25, -0.2) is 0 Å². The van der Waals surface area contributed by atoms with Crippen molar-refractivity contribution in [1.82, 2.24) is 9.80 Å². The molecule has 0 atom stereocenters. The average molecular weight is 347 g/mol. The Morgan fingerprint density at radius 1 is 0.762 bits per heavy atom. The number of carbonyl (C=O) groups excluding carboxylic acids is 2. The van der Waals surface area contributed by atoms with Crippen LogP contribution in [0.25, 0.3) is 0 Å². The smallest absolute Gasteiger partial charge is 0.219 e. The molecule has 3 heterocycles. The number of carbonyl (C=O) groups is 2. The largest absolute Gasteiger partial charge is 0.343 e. The Morgan fingerprint density at radius 3 is 1.38 bits per heavy atom. The summed E-state index contributed by atoms with van der Waals surface area (Å²) in [6.07, 6.45) is 4.36. The van der Waals surface area contributed by atoms with Crippen LogP contribution in [0, 0.1) is 0 Å². The molecule has 3 aliphatic heterocycles. The zero-order chi connectivity index (χ0) is 15.1. The van der Waals surface area contributed by atoms with E-state index in [1.807, 2.05) is 31.4 Å². The van der Waals surface area contributed by atoms with Gasteiger partial charge in [0, 0.05) is 40.0 Å². The van der Waals surface area contributed by atoms with Gasteiger partial charge in [0.05, 0.1) is 8.16 Å². The number of piperidine rings is 2. The highest BCUT2D eigenvalue weighted by Gasteiger charge is 2.52. The normalized spacial score (nSPS) is 27.3. The highest BCUT2D eigenvalue weighted by molar-refractivity contribution is 8.83. The topological polar surface area (TPSA) is 40.6 Å². The van der Waals surface area contributed by atoms with E-state index in [1.165, 1.54) is 0 Å². The number of amides is 2. The molecule has 2 amide bonds. The molecular formula is C14H22N2O2S3. The van der Waals surface area contributed by atoms with Gasteiger partial charge in [0.2, 0.25) is 11.8 Å². The first kappa shape index (κ1) is 15.9. The first-order valence-corrected chi connectivity index (χ1v) is 10.5. The molecule has 21 heavy (non-hydrogen) atoms. The molecule has 3 rings (SSSR count). The Balaban J connectivity index is 1.59. The van der Waals surface area contributed by atoms with Crippen molar-refractivity contribution in [3.63, 3.8) is 0 Å². The summed E-state index contributed by atoms with van der Waals surface area (Å²) in [5, 5.41) is 0. The minimum absolute atomic E-state index is 0.204. The molecule has 2 spiro atoms. The molecule has 0 radical (unpaired) electrons. The van der Waals surface area contributed by atoms with E-state index >= 15 is 0 Å². The number of rotatable bonds is 0. The molecular weight excluding hydrogens is 324 g/mol. The molecule has 0 unspecified atom stereocenters. The predicted octanol–water partition coefficient (Wildman–Crippen LogP) is 2.79. The molecule has 0 saturated carbocycles. The maximum Gasteiger partial charge on any atom is 0.219 e. The number of nitrogens with zero attached hydrogens (tertiary/aromatic N) is 2. The average Bonchev–Trinajstić information content (AvgIpc) is 2.78. The molecule has 0 aromatic carbocycles. The molecule has 0 N–H and O–H groups in total. The van der Waals surface area contributed by atoms with Crippen LogP contribution in [0.5, 0.6) is 0 Å². The molecule has 3 saturated heterocycles. The number of thioether (sulfide) groups is 1. The lowest BCUT2D eigenvalue weighted by Crippen LogP contribution is -2.45. The van der Waals surface area contributed by atoms with Crippen molar-refractivity contribution in [2.45, 2.75) is 47.7 Å². The lowest BCUT2D eigenvalue weighted by Gasteiger charge is -2.41. The molecule has 3 aliphatic rings. The minimum Gasteiger partial charge on any atom is -0.343 e. The number of hydrogen-bond donors (Lipinski definition) is 0. The summed E-state index contributed by atoms with van der Waals surface area (Å²) >= 11 is 2.13. The second-order valence-electron chi connectivity index (χ2n) is 6.10. The summed E-state index contributed by atoms with van der Waals surface area (Å²) in [5.74, 6) is 0.407. The van der Waals surface area contributed by atoms with Gasteiger partial charge in [-0.15, -0.1) is 11.8 Å². The van der Waals surface area contributed by atoms with Crippen LogP contribution in [0.15, 0.2) is 0 Å². The van der Waals surface area contributed by atoms with Crippen molar-refractivity contribution in [3.8, 4) is 0 Å². The molecule has 0 aromatic heterocycles. The second-order valence-corrected chi connectivity index (χ2v) is 11.3. The van der Waals surface area contributed by atoms with Crippen molar-refractivity contribution in [1.29, 1.82) is 0 Å². The van der Waals surface area contributed by atoms with Crippen LogP contribution >= 0.6 is 33.3 Å². The van der Waals surface area contributed by atoms with Crippen molar-refractivity contribution in [2.75, 3.05) is 26.2 Å². The van der Waals surface area contributed by atoms with Crippen molar-refractivity contribution in [2.24, 2.45) is 0 Å². The van der Waals surface area contributed by atoms with Crippen molar-refractivity contribution < 1.29 is 9.59 Å². The summed E-state index contributed by atoms with van der Waals surface area (Å²) in [5.41, 5.74) is 0. The van der Waals surface area contributed by atoms with Crippen LogP contribution in [0.4, 0.5) is 0 Å². The third kappa shape index (κ3) is 3.20. The Morgan fingerprint density at radius 2 is 1.10 bits per heavy atom. The first-order chi connectivity index (χ1) is 9.94. The highest BCUT2D eigenvalue weighted by Crippen LogP contribution is 2.70. The van der Waals surface area contributed by atoms with Gasteiger partial charge in [0.25, 0.3) is 0 Å². The van der Waals surface area contributed by atoms with Crippen LogP contribution in [-0.2, 0) is 9.59 Å². The fourth-order valence-corrected chi connectivity index (χ4v) is 10.2. The Hall–Kier alpha value is -0.0100. The zero-order valence-corrected chi connectivity index (χ0v) is 15.0. The Labute approximate surface area is 138 Å². The van der Waals surface area contributed by atoms with E-state index < -0.39 is 0 Å². The molecule has 4 nitrogen and oxygen atoms in total. The molecule has 7 heteroatoms. The number of hydrogen-bond acceptors (Lipinski definition) is 5. The zero-order valence-electron chi connectivity index (χ0n) is 12.6. The van der Waals surface area contributed by atoms with Crippen LogP contribution in [-0.4, -0.2) is 56.0 Å². The van der Waals surface area contributed by atoms with Crippen LogP contribution in [0.2, 0.25) is 0 Å². The third-order valence-electron chi connectivity index (χ3n) is 4.66. The Kier molecular flexibility index (Phi) is 4.45. The van der Waals surface area contributed by atoms with Crippen molar-refractivity contribution >= 4 is 45.2 Å². The van der Waals surface area contributed by atoms with E-state index in [0.717, 1.165) is 51.9 Å². The lowest BCUT2D eigenvalue weighted by atomic mass is 10.1. The van der Waals surface area contributed by atoms with Crippen LogP contribution in [0.3, 0.4) is 0 Å². The quantitative estimate of drug-likeness (QED) is 0.631. The van der Waals surface area contributed by atoms with E-state index in [9.17, 15) is 9.59 Å². The Bertz CT molecular complexity index is 402. The predicted molar refractivity (Wildman–Crippen MR) is 91.2 cm³/mol. The van der Waals surface area contributed by atoms with E-state index in [1.54, 1.807) is 13.8 Å². The molecule has 0 aromatic rings. The fourth-order valence-electron chi connectivity index (χ4n) is 3.22. The SMILES string of the molecule is CC(=O)N1CCC2(CC1)SSC1(CCN(C(C)=O)CC1)S2. The van der Waals surface area contributed by atoms with Gasteiger partial charge in [0.15, 0.2) is 0 Å². The van der Waals surface area contributed by atoms with Gasteiger partial charge in [-0.1, -0.05) is 21.6 Å². The van der Waals surface area contributed by atoms with Gasteiger partial charge in [-0.3, -0.25) is 9.59 Å². The van der Waals surface area contributed by atoms with E-state index in [-0.39, 0.29) is 20.0 Å². The highest BCUT2D eigenvalue weighted by atomic mass is 33.1. The molecule has 3 fully saturated rings. The third-order valence-corrected chi connectivity index (χ3v) is 11.5. The summed E-state index contributed by atoms with van der Waals surface area (Å²) in [7, 11) is 4.07. The maximum atomic E-state index is 11.5. The van der Waals surface area contributed by atoms with Crippen molar-refractivity contribution in [3.05, 3.63) is 0 Å². The van der Waals surface area contributed by atoms with E-state index in [0.29, 0.717) is 0 Å². The first-order valence-electron chi connectivity index (χ1n) is 7.52. The standard InChI is InChI=1S/C14H22N2O2S3/c1-11(17)15-7-3-13(4-8-15)19-14(21-20-13)5-9-16(10-6-14)12(2)18/h3-10H2,1-2H3. The summed E-state index contributed by atoms with van der Waals surface area (Å²) < 4.78 is 0.573. The minimum atomic E-state index is 0.204. The van der Waals surface area contributed by atoms with Gasteiger partial charge >= 0.3 is 0 Å². The van der Waals surface area contributed by atoms with Gasteiger partial charge < -0.3 is 9.80 Å². The maximum absolute atomic E-state index is 11.5. The lowest BCUT2D eigenvalue weighted by molar-refractivity contribution is -0.130. The molecule has 0 bridgehead atoms. The van der Waals surface area contributed by atoms with Gasteiger partial charge in [0.1, 0.15) is 0 Å².